The number of benzene rings is 2. The van der Waals surface area contributed by atoms with Crippen LogP contribution in [0.15, 0.2) is 53.7 Å². The second-order valence-corrected chi connectivity index (χ2v) is 6.72. The number of oxime groups is 1. The molecule has 0 aliphatic carbocycles. The normalized spacial score (nSPS) is 18.6. The minimum atomic E-state index is -1.03. The average molecular weight is 370 g/mol. The first-order valence-electron chi connectivity index (χ1n) is 8.93. The van der Waals surface area contributed by atoms with Crippen molar-refractivity contribution in [2.45, 2.75) is 31.8 Å². The van der Waals surface area contributed by atoms with E-state index in [9.17, 15) is 9.18 Å². The van der Waals surface area contributed by atoms with Crippen molar-refractivity contribution in [3.63, 3.8) is 0 Å². The Morgan fingerprint density at radius 2 is 2.00 bits per heavy atom. The molecule has 1 amide bonds. The zero-order chi connectivity index (χ0) is 19.3. The molecular formula is C21H23FN2O3. The van der Waals surface area contributed by atoms with Crippen molar-refractivity contribution in [2.24, 2.45) is 5.16 Å². The van der Waals surface area contributed by atoms with Gasteiger partial charge >= 0.3 is 0 Å². The van der Waals surface area contributed by atoms with Crippen LogP contribution in [0.5, 0.6) is 5.75 Å². The van der Waals surface area contributed by atoms with Gasteiger partial charge < -0.3 is 14.9 Å². The molecule has 0 saturated heterocycles. The van der Waals surface area contributed by atoms with Crippen molar-refractivity contribution in [1.29, 1.82) is 0 Å². The monoisotopic (exact) mass is 370 g/mol. The lowest BCUT2D eigenvalue weighted by atomic mass is 9.95. The molecule has 0 aromatic heterocycles. The third kappa shape index (κ3) is 4.45. The first kappa shape index (κ1) is 18.9. The molecule has 2 aromatic carbocycles. The summed E-state index contributed by atoms with van der Waals surface area (Å²) in [5.74, 6) is 0.323. The Morgan fingerprint density at radius 3 is 2.70 bits per heavy atom. The van der Waals surface area contributed by atoms with E-state index in [0.717, 1.165) is 17.0 Å². The molecule has 6 heteroatoms. The fourth-order valence-corrected chi connectivity index (χ4v) is 2.97. The molecule has 5 nitrogen and oxygen atoms in total. The minimum Gasteiger partial charge on any atom is -0.497 e. The van der Waals surface area contributed by atoms with Gasteiger partial charge in [0.05, 0.1) is 12.8 Å². The number of nitrogens with zero attached hydrogens (tertiary/aromatic N) is 1. The predicted molar refractivity (Wildman–Crippen MR) is 101 cm³/mol. The van der Waals surface area contributed by atoms with Crippen LogP contribution in [-0.2, 0) is 16.1 Å². The van der Waals surface area contributed by atoms with Gasteiger partial charge in [0, 0.05) is 13.0 Å². The number of aryl methyl sites for hydroxylation is 1. The summed E-state index contributed by atoms with van der Waals surface area (Å²) in [6.07, 6.45) is 1.60. The molecule has 1 N–H and O–H groups in total. The van der Waals surface area contributed by atoms with Crippen LogP contribution in [0.4, 0.5) is 4.39 Å². The van der Waals surface area contributed by atoms with Crippen molar-refractivity contribution in [2.75, 3.05) is 13.7 Å². The molecule has 0 radical (unpaired) electrons. The highest BCUT2D eigenvalue weighted by Crippen LogP contribution is 2.27. The Morgan fingerprint density at radius 1 is 1.26 bits per heavy atom. The Balaban J connectivity index is 1.49. The topological polar surface area (TPSA) is 59.9 Å². The van der Waals surface area contributed by atoms with Crippen LogP contribution < -0.4 is 10.1 Å². The number of amides is 1. The summed E-state index contributed by atoms with van der Waals surface area (Å²) in [5.41, 5.74) is 1.24. The minimum absolute atomic E-state index is 0.215. The van der Waals surface area contributed by atoms with E-state index in [1.807, 2.05) is 30.3 Å². The zero-order valence-electron chi connectivity index (χ0n) is 15.5. The van der Waals surface area contributed by atoms with Crippen LogP contribution in [0.1, 0.15) is 30.9 Å². The zero-order valence-corrected chi connectivity index (χ0v) is 15.5. The van der Waals surface area contributed by atoms with Gasteiger partial charge in [-0.2, -0.15) is 0 Å². The Kier molecular flexibility index (Phi) is 5.74. The van der Waals surface area contributed by atoms with E-state index in [4.69, 9.17) is 9.57 Å². The standard InChI is InChI=1S/C21H23FN2O3/c1-21(14-19(24-27-21)16-9-11-17(26-2)12-10-16)20(25)23-13-5-7-15-6-3-4-8-18(15)22/h3-4,6,8-12H,5,7,13-14H2,1-2H3,(H,23,25). The average Bonchev–Trinajstić information content (AvgIpc) is 3.10. The van der Waals surface area contributed by atoms with Crippen LogP contribution in [-0.4, -0.2) is 30.9 Å². The van der Waals surface area contributed by atoms with Gasteiger partial charge in [0.25, 0.3) is 5.91 Å². The lowest BCUT2D eigenvalue weighted by Crippen LogP contribution is -2.45. The largest absolute Gasteiger partial charge is 0.497 e. The lowest BCUT2D eigenvalue weighted by Gasteiger charge is -2.20. The predicted octanol–water partition coefficient (Wildman–Crippen LogP) is 3.47. The number of halogens is 1. The molecule has 1 aliphatic heterocycles. The van der Waals surface area contributed by atoms with Crippen molar-refractivity contribution < 1.29 is 18.8 Å². The van der Waals surface area contributed by atoms with Crippen molar-refractivity contribution >= 4 is 11.6 Å². The highest BCUT2D eigenvalue weighted by atomic mass is 19.1. The van der Waals surface area contributed by atoms with Crippen LogP contribution in [0, 0.1) is 5.82 Å². The number of carbonyl (C=O) groups excluding carboxylic acids is 1. The van der Waals surface area contributed by atoms with Crippen LogP contribution >= 0.6 is 0 Å². The van der Waals surface area contributed by atoms with E-state index in [1.54, 1.807) is 26.2 Å². The maximum atomic E-state index is 13.6. The molecule has 1 aliphatic rings. The summed E-state index contributed by atoms with van der Waals surface area (Å²) in [6, 6.07) is 14.1. The summed E-state index contributed by atoms with van der Waals surface area (Å²) in [4.78, 5) is 18.0. The van der Waals surface area contributed by atoms with E-state index < -0.39 is 5.60 Å². The number of hydrogen-bond acceptors (Lipinski definition) is 4. The van der Waals surface area contributed by atoms with Crippen LogP contribution in [0.2, 0.25) is 0 Å². The lowest BCUT2D eigenvalue weighted by molar-refractivity contribution is -0.141. The molecule has 1 heterocycles. The fourth-order valence-electron chi connectivity index (χ4n) is 2.97. The summed E-state index contributed by atoms with van der Waals surface area (Å²) < 4.78 is 18.8. The SMILES string of the molecule is COc1ccc(C2=NOC(C)(C(=O)NCCCc3ccccc3F)C2)cc1. The maximum Gasteiger partial charge on any atom is 0.267 e. The number of ether oxygens (including phenoxy) is 1. The van der Waals surface area contributed by atoms with E-state index in [-0.39, 0.29) is 11.7 Å². The molecule has 2 aromatic rings. The van der Waals surface area contributed by atoms with Gasteiger partial charge in [0.15, 0.2) is 0 Å². The summed E-state index contributed by atoms with van der Waals surface area (Å²) in [6.45, 7) is 2.17. The molecule has 142 valence electrons. The number of methoxy groups -OCH3 is 1. The van der Waals surface area contributed by atoms with Gasteiger partial charge in [-0.15, -0.1) is 0 Å². The second-order valence-electron chi connectivity index (χ2n) is 6.72. The van der Waals surface area contributed by atoms with Gasteiger partial charge in [0.2, 0.25) is 5.60 Å². The summed E-state index contributed by atoms with van der Waals surface area (Å²) in [7, 11) is 1.61. The van der Waals surface area contributed by atoms with Crippen molar-refractivity contribution in [3.05, 3.63) is 65.5 Å². The van der Waals surface area contributed by atoms with Gasteiger partial charge in [0.1, 0.15) is 11.6 Å². The Hall–Kier alpha value is -2.89. The quantitative estimate of drug-likeness (QED) is 0.760. The third-order valence-electron chi connectivity index (χ3n) is 4.63. The van der Waals surface area contributed by atoms with Gasteiger partial charge in [-0.3, -0.25) is 4.79 Å². The first-order valence-corrected chi connectivity index (χ1v) is 8.93. The third-order valence-corrected chi connectivity index (χ3v) is 4.63. The number of carbonyl (C=O) groups is 1. The maximum absolute atomic E-state index is 13.6. The Labute approximate surface area is 158 Å². The highest BCUT2D eigenvalue weighted by molar-refractivity contribution is 6.05. The second kappa shape index (κ2) is 8.20. The van der Waals surface area contributed by atoms with E-state index in [2.05, 4.69) is 10.5 Å². The number of hydrogen-bond donors (Lipinski definition) is 1. The smallest absolute Gasteiger partial charge is 0.267 e. The molecule has 3 rings (SSSR count). The number of rotatable bonds is 7. The molecule has 1 unspecified atom stereocenters. The van der Waals surface area contributed by atoms with Crippen LogP contribution in [0.25, 0.3) is 0 Å². The molecule has 0 fully saturated rings. The Bertz CT molecular complexity index is 836. The van der Waals surface area contributed by atoms with E-state index >= 15 is 0 Å². The van der Waals surface area contributed by atoms with Crippen molar-refractivity contribution in [3.8, 4) is 5.75 Å². The fraction of sp³-hybridized carbons (Fsp3) is 0.333. The van der Waals surface area contributed by atoms with Gasteiger partial charge in [-0.1, -0.05) is 23.4 Å². The van der Waals surface area contributed by atoms with Gasteiger partial charge in [-0.05, 0) is 61.2 Å². The molecule has 0 spiro atoms. The first-order chi connectivity index (χ1) is 13.0. The van der Waals surface area contributed by atoms with Crippen LogP contribution in [0.3, 0.4) is 0 Å². The molecule has 1 atom stereocenters. The molecular weight excluding hydrogens is 347 g/mol. The number of nitrogens with one attached hydrogen (secondary N) is 1. The highest BCUT2D eigenvalue weighted by Gasteiger charge is 2.41. The van der Waals surface area contributed by atoms with E-state index in [1.165, 1.54) is 6.07 Å². The van der Waals surface area contributed by atoms with Crippen molar-refractivity contribution in [1.82, 2.24) is 5.32 Å². The van der Waals surface area contributed by atoms with Gasteiger partial charge in [-0.25, -0.2) is 4.39 Å². The van der Waals surface area contributed by atoms with E-state index in [0.29, 0.717) is 31.4 Å². The molecule has 27 heavy (non-hydrogen) atoms. The summed E-state index contributed by atoms with van der Waals surface area (Å²) >= 11 is 0. The molecule has 0 bridgehead atoms. The summed E-state index contributed by atoms with van der Waals surface area (Å²) in [5, 5.41) is 6.95. The molecule has 0 saturated carbocycles.